The molecule has 2 aromatic rings. The van der Waals surface area contributed by atoms with Gasteiger partial charge in [-0.05, 0) is 106 Å². The van der Waals surface area contributed by atoms with Crippen LogP contribution >= 0.6 is 0 Å². The van der Waals surface area contributed by atoms with Crippen LogP contribution in [0.5, 0.6) is 11.5 Å². The van der Waals surface area contributed by atoms with Gasteiger partial charge in [-0.15, -0.1) is 0 Å². The van der Waals surface area contributed by atoms with Gasteiger partial charge in [0.2, 0.25) is 0 Å². The molecule has 232 valence electrons. The van der Waals surface area contributed by atoms with E-state index in [2.05, 4.69) is 50.5 Å². The first-order valence-electron chi connectivity index (χ1n) is 16.4. The molecule has 1 N–H and O–H groups in total. The third kappa shape index (κ3) is 4.56. The van der Waals surface area contributed by atoms with Gasteiger partial charge in [-0.25, -0.2) is 0 Å². The number of benzene rings is 2. The molecular formula is C37H44N2O5. The zero-order valence-electron chi connectivity index (χ0n) is 26.6. The highest BCUT2D eigenvalue weighted by Crippen LogP contribution is 2.66. The lowest BCUT2D eigenvalue weighted by molar-refractivity contribution is -0.201. The molecule has 2 aliphatic heterocycles. The maximum atomic E-state index is 14.0. The molecule has 3 fully saturated rings. The smallest absolute Gasteiger partial charge is 0.308 e. The van der Waals surface area contributed by atoms with Crippen molar-refractivity contribution in [2.75, 3.05) is 19.6 Å². The topological polar surface area (TPSA) is 79.3 Å². The number of amides is 1. The van der Waals surface area contributed by atoms with E-state index >= 15 is 0 Å². The third-order valence-electron chi connectivity index (χ3n) is 11.0. The Labute approximate surface area is 260 Å². The van der Waals surface area contributed by atoms with Gasteiger partial charge in [0.15, 0.2) is 11.5 Å². The number of likely N-dealkylation sites (tertiary alicyclic amines) is 1. The second-order valence-electron chi connectivity index (χ2n) is 14.4. The maximum absolute atomic E-state index is 14.0. The van der Waals surface area contributed by atoms with E-state index in [0.717, 1.165) is 54.1 Å². The van der Waals surface area contributed by atoms with Gasteiger partial charge in [-0.3, -0.25) is 14.5 Å². The van der Waals surface area contributed by atoms with Crippen molar-refractivity contribution in [1.29, 1.82) is 0 Å². The van der Waals surface area contributed by atoms with E-state index in [4.69, 9.17) is 9.47 Å². The Bertz CT molecular complexity index is 1580. The van der Waals surface area contributed by atoms with Crippen LogP contribution in [-0.4, -0.2) is 70.2 Å². The largest absolute Gasteiger partial charge is 0.483 e. The van der Waals surface area contributed by atoms with Crippen molar-refractivity contribution in [2.45, 2.75) is 102 Å². The van der Waals surface area contributed by atoms with E-state index in [1.54, 1.807) is 0 Å². The molecule has 3 aliphatic carbocycles. The number of carbonyl (C=O) groups is 2. The quantitative estimate of drug-likeness (QED) is 0.296. The van der Waals surface area contributed by atoms with Crippen LogP contribution in [0.3, 0.4) is 0 Å². The molecule has 5 atom stereocenters. The van der Waals surface area contributed by atoms with Gasteiger partial charge in [0.05, 0.1) is 17.1 Å². The summed E-state index contributed by atoms with van der Waals surface area (Å²) in [5, 5.41) is 12.9. The van der Waals surface area contributed by atoms with Crippen LogP contribution in [0.4, 0.5) is 0 Å². The lowest BCUT2D eigenvalue weighted by atomic mass is 9.48. The predicted octanol–water partition coefficient (Wildman–Crippen LogP) is 4.70. The monoisotopic (exact) mass is 596 g/mol. The average molecular weight is 597 g/mol. The first-order chi connectivity index (χ1) is 21.0. The van der Waals surface area contributed by atoms with E-state index in [-0.39, 0.29) is 23.9 Å². The fourth-order valence-corrected chi connectivity index (χ4v) is 8.78. The summed E-state index contributed by atoms with van der Waals surface area (Å²) in [7, 11) is 0. The van der Waals surface area contributed by atoms with Crippen LogP contribution in [0.25, 0.3) is 0 Å². The predicted molar refractivity (Wildman–Crippen MR) is 168 cm³/mol. The van der Waals surface area contributed by atoms with Crippen molar-refractivity contribution in [3.63, 3.8) is 0 Å². The number of carbonyl (C=O) groups excluding carboxylic acids is 2. The van der Waals surface area contributed by atoms with Gasteiger partial charge >= 0.3 is 5.97 Å². The summed E-state index contributed by atoms with van der Waals surface area (Å²) in [6, 6.07) is 9.63. The third-order valence-corrected chi connectivity index (χ3v) is 11.0. The van der Waals surface area contributed by atoms with Gasteiger partial charge in [0.25, 0.3) is 5.91 Å². The molecule has 7 nitrogen and oxygen atoms in total. The van der Waals surface area contributed by atoms with Crippen molar-refractivity contribution < 1.29 is 24.2 Å². The first kappa shape index (κ1) is 29.4. The van der Waals surface area contributed by atoms with E-state index in [1.807, 2.05) is 29.2 Å². The molecule has 44 heavy (non-hydrogen) atoms. The number of hydrogen-bond acceptors (Lipinski definition) is 6. The second-order valence-corrected chi connectivity index (χ2v) is 14.4. The lowest BCUT2D eigenvalue weighted by Crippen LogP contribution is -2.78. The number of esters is 1. The Balaban J connectivity index is 1.31. The molecule has 1 amide bonds. The zero-order valence-corrected chi connectivity index (χ0v) is 26.6. The number of piperidine rings is 1. The van der Waals surface area contributed by atoms with Gasteiger partial charge in [-0.2, -0.15) is 0 Å². The molecule has 7 heteroatoms. The Hall–Kier alpha value is -3.34. The Kier molecular flexibility index (Phi) is 7.10. The molecule has 0 aromatic heterocycles. The number of aryl methyl sites for hydroxylation is 2. The van der Waals surface area contributed by atoms with Gasteiger partial charge in [0, 0.05) is 43.1 Å². The SMILES string of the molecule is CC(=O)Oc1ccc2c3c1O[C@H]1[C@@H](N(CC(C)C)C(=O)C#Cc4ccc(C)c(C)c4)CC[C@@]4(O)[C@@H](C2)N(CC2CC2)CC[C@]314. The van der Waals surface area contributed by atoms with Crippen LogP contribution in [0.1, 0.15) is 80.7 Å². The van der Waals surface area contributed by atoms with E-state index in [1.165, 1.54) is 25.3 Å². The number of rotatable bonds is 6. The lowest BCUT2D eigenvalue weighted by Gasteiger charge is -2.64. The van der Waals surface area contributed by atoms with Crippen LogP contribution in [-0.2, 0) is 21.4 Å². The molecule has 2 heterocycles. The summed E-state index contributed by atoms with van der Waals surface area (Å²) in [6.45, 7) is 12.2. The van der Waals surface area contributed by atoms with Crippen molar-refractivity contribution in [1.82, 2.24) is 9.80 Å². The Morgan fingerprint density at radius 1 is 1.14 bits per heavy atom. The van der Waals surface area contributed by atoms with Crippen LogP contribution < -0.4 is 9.47 Å². The van der Waals surface area contributed by atoms with Crippen LogP contribution in [0.2, 0.25) is 0 Å². The van der Waals surface area contributed by atoms with Crippen molar-refractivity contribution >= 4 is 11.9 Å². The van der Waals surface area contributed by atoms with E-state index < -0.39 is 23.1 Å². The van der Waals surface area contributed by atoms with Crippen molar-refractivity contribution in [2.24, 2.45) is 11.8 Å². The minimum atomic E-state index is -1.01. The number of aliphatic hydroxyl groups is 1. The molecule has 2 bridgehead atoms. The van der Waals surface area contributed by atoms with Gasteiger partial charge in [0.1, 0.15) is 6.10 Å². The molecular weight excluding hydrogens is 552 g/mol. The molecule has 1 saturated heterocycles. The highest BCUT2D eigenvalue weighted by atomic mass is 16.6. The maximum Gasteiger partial charge on any atom is 0.308 e. The Morgan fingerprint density at radius 2 is 1.93 bits per heavy atom. The normalized spacial score (nSPS) is 29.8. The summed E-state index contributed by atoms with van der Waals surface area (Å²) in [5.74, 6) is 7.37. The molecule has 2 saturated carbocycles. The summed E-state index contributed by atoms with van der Waals surface area (Å²) in [5.41, 5.74) is 3.60. The molecule has 5 aliphatic rings. The second kappa shape index (κ2) is 10.6. The number of ether oxygens (including phenoxy) is 2. The minimum absolute atomic E-state index is 0.0132. The Morgan fingerprint density at radius 3 is 2.64 bits per heavy atom. The van der Waals surface area contributed by atoms with Gasteiger partial charge in [-0.1, -0.05) is 31.9 Å². The highest BCUT2D eigenvalue weighted by molar-refractivity contribution is 5.94. The fourth-order valence-electron chi connectivity index (χ4n) is 8.78. The summed E-state index contributed by atoms with van der Waals surface area (Å²) in [6.07, 6.45) is 4.73. The highest BCUT2D eigenvalue weighted by Gasteiger charge is 2.73. The molecule has 0 unspecified atom stereocenters. The summed E-state index contributed by atoms with van der Waals surface area (Å²) >= 11 is 0. The summed E-state index contributed by atoms with van der Waals surface area (Å²) < 4.78 is 12.6. The van der Waals surface area contributed by atoms with Crippen LogP contribution in [0.15, 0.2) is 30.3 Å². The number of hydrogen-bond donors (Lipinski definition) is 1. The van der Waals surface area contributed by atoms with Gasteiger partial charge < -0.3 is 19.5 Å². The number of nitrogens with zero attached hydrogens (tertiary/aromatic N) is 2. The van der Waals surface area contributed by atoms with Crippen molar-refractivity contribution in [3.8, 4) is 23.3 Å². The van der Waals surface area contributed by atoms with Crippen molar-refractivity contribution in [3.05, 3.63) is 58.1 Å². The fraction of sp³-hybridized carbons (Fsp3) is 0.568. The minimum Gasteiger partial charge on any atom is -0.483 e. The summed E-state index contributed by atoms with van der Waals surface area (Å²) in [4.78, 5) is 30.6. The first-order valence-corrected chi connectivity index (χ1v) is 16.4. The average Bonchev–Trinajstić information content (AvgIpc) is 3.71. The molecule has 1 spiro atoms. The van der Waals surface area contributed by atoms with Crippen LogP contribution in [0, 0.1) is 37.5 Å². The zero-order chi connectivity index (χ0) is 31.0. The van der Waals surface area contributed by atoms with E-state index in [0.29, 0.717) is 30.9 Å². The molecule has 7 rings (SSSR count). The standard InChI is InChI=1S/C37H44N2O5/c1-22(2)20-39(32(41)13-10-26-7-6-23(3)24(4)18-26)29-14-15-37(42)31-19-28-11-12-30(43-25(5)40)34-33(28)36(37,35(29)44-34)16-17-38(31)21-27-8-9-27/h6-7,11-12,18,22,27,29,31,35,42H,8-9,14-17,19-21H2,1-5H3/t29-,31+,35-,36-,37+/m0/s1. The molecule has 2 aromatic carbocycles. The van der Waals surface area contributed by atoms with E-state index in [9.17, 15) is 14.7 Å². The molecule has 0 radical (unpaired) electrons.